The number of carbonyl (C=O) groups is 6. The zero-order chi connectivity index (χ0) is 37.7. The molecule has 3 fully saturated rings. The van der Waals surface area contributed by atoms with Gasteiger partial charge >= 0.3 is 12.1 Å². The number of alkyl carbamates (subject to hydrolysis) is 1. The number of ketones is 1. The van der Waals surface area contributed by atoms with Gasteiger partial charge in [-0.3, -0.25) is 24.0 Å². The van der Waals surface area contributed by atoms with Gasteiger partial charge in [0.05, 0.1) is 6.04 Å². The minimum absolute atomic E-state index is 0.0579. The van der Waals surface area contributed by atoms with Crippen LogP contribution in [0, 0.1) is 23.2 Å². The van der Waals surface area contributed by atoms with E-state index in [9.17, 15) is 28.8 Å². The first kappa shape index (κ1) is 39.6. The van der Waals surface area contributed by atoms with Crippen LogP contribution in [0.3, 0.4) is 0 Å². The molecule has 1 aromatic carbocycles. The number of nitrogens with one attached hydrogen (secondary N) is 3. The molecule has 1 aromatic rings. The van der Waals surface area contributed by atoms with Crippen LogP contribution in [0.1, 0.15) is 99.0 Å². The first-order valence-corrected chi connectivity index (χ1v) is 18.2. The first-order chi connectivity index (χ1) is 23.9. The molecule has 0 spiro atoms. The molecule has 0 aromatic heterocycles. The van der Waals surface area contributed by atoms with Gasteiger partial charge in [0.1, 0.15) is 29.8 Å². The third-order valence-corrected chi connectivity index (χ3v) is 10.6. The molecule has 1 saturated heterocycles. The highest BCUT2D eigenvalue weighted by Crippen LogP contribution is 2.65. The number of Topliss-reactive ketones (excluding diaryl/α,β-unsaturated/α-hetero) is 1. The van der Waals surface area contributed by atoms with E-state index >= 15 is 0 Å². The molecular weight excluding hydrogens is 652 g/mol. The molecule has 3 N–H and O–H groups in total. The summed E-state index contributed by atoms with van der Waals surface area (Å²) in [5.74, 6) is -3.80. The fourth-order valence-corrected chi connectivity index (χ4v) is 7.70. The van der Waals surface area contributed by atoms with E-state index in [0.717, 1.165) is 37.7 Å². The number of rotatable bonds is 14. The Morgan fingerprint density at radius 2 is 1.61 bits per heavy atom. The maximum Gasteiger partial charge on any atom is 0.408 e. The number of ether oxygens (including phenoxy) is 2. The predicted molar refractivity (Wildman–Crippen MR) is 191 cm³/mol. The smallest absolute Gasteiger partial charge is 0.408 e. The fraction of sp³-hybridized carbons (Fsp3) is 0.641. The average Bonchev–Trinajstić information content (AvgIpc) is 3.37. The van der Waals surface area contributed by atoms with Crippen molar-refractivity contribution in [2.75, 3.05) is 13.1 Å². The number of benzene rings is 1. The lowest BCUT2D eigenvalue weighted by Gasteiger charge is -2.37. The second-order valence-electron chi connectivity index (χ2n) is 16.2. The Bertz CT molecular complexity index is 1480. The van der Waals surface area contributed by atoms with Gasteiger partial charge in [0, 0.05) is 6.54 Å². The zero-order valence-corrected chi connectivity index (χ0v) is 31.2. The van der Waals surface area contributed by atoms with Crippen molar-refractivity contribution in [2.45, 2.75) is 123 Å². The summed E-state index contributed by atoms with van der Waals surface area (Å²) in [5, 5.41) is 7.95. The van der Waals surface area contributed by atoms with Crippen LogP contribution in [-0.2, 0) is 39.0 Å². The number of likely N-dealkylation sites (tertiary alicyclic amines) is 1. The van der Waals surface area contributed by atoms with E-state index in [1.54, 1.807) is 45.6 Å². The fourth-order valence-electron chi connectivity index (χ4n) is 7.70. The van der Waals surface area contributed by atoms with Crippen LogP contribution < -0.4 is 16.0 Å². The third-order valence-electron chi connectivity index (χ3n) is 10.6. The van der Waals surface area contributed by atoms with Gasteiger partial charge in [0.25, 0.3) is 5.91 Å². The Balaban J connectivity index is 1.47. The lowest BCUT2D eigenvalue weighted by atomic mass is 9.83. The summed E-state index contributed by atoms with van der Waals surface area (Å²) < 4.78 is 11.1. The Morgan fingerprint density at radius 3 is 2.22 bits per heavy atom. The van der Waals surface area contributed by atoms with Crippen molar-refractivity contribution in [3.63, 3.8) is 0 Å². The van der Waals surface area contributed by atoms with Gasteiger partial charge in [-0.25, -0.2) is 4.79 Å². The van der Waals surface area contributed by atoms with Crippen molar-refractivity contribution in [3.05, 3.63) is 48.6 Å². The molecule has 3 aliphatic rings. The molecule has 1 unspecified atom stereocenters. The Hall–Kier alpha value is -4.22. The number of hydrogen-bond donors (Lipinski definition) is 3. The molecule has 12 heteroatoms. The summed E-state index contributed by atoms with van der Waals surface area (Å²) in [5.41, 5.74) is -1.18. The van der Waals surface area contributed by atoms with Crippen LogP contribution in [0.15, 0.2) is 43.0 Å². The molecule has 51 heavy (non-hydrogen) atoms. The van der Waals surface area contributed by atoms with Gasteiger partial charge in [-0.1, -0.05) is 69.5 Å². The van der Waals surface area contributed by atoms with Crippen molar-refractivity contribution in [1.29, 1.82) is 0 Å². The van der Waals surface area contributed by atoms with Crippen LogP contribution >= 0.6 is 0 Å². The number of esters is 1. The summed E-state index contributed by atoms with van der Waals surface area (Å²) >= 11 is 0. The minimum atomic E-state index is -1.22. The van der Waals surface area contributed by atoms with Crippen molar-refractivity contribution < 1.29 is 38.2 Å². The molecule has 2 saturated carbocycles. The Labute approximate surface area is 301 Å². The molecule has 2 aliphatic carbocycles. The molecular formula is C39H56N4O8. The standard InChI is InChI=1S/C39H56N4O8/c1-9-10-21-27(32(45)34(47)40-22-28(44)50-39(7,8)25-19-15-12-16-20-25)41-33(46)31-29-26(38(29,5)6)23-43(31)35(48)30(24-17-13-11-14-18-24)42-36(49)51-37(2,3)4/h9,12,15-16,19-20,24,26-27,29-31H,1,10-11,13-14,17-18,21-23H2,2-8H3,(H,40,47)(H,41,46)(H,42,49)/t26-,27?,29-,30-,31-/m0/s1. The highest BCUT2D eigenvalue weighted by atomic mass is 16.6. The number of hydrogen-bond acceptors (Lipinski definition) is 8. The zero-order valence-electron chi connectivity index (χ0n) is 31.2. The number of nitrogens with zero attached hydrogens (tertiary/aromatic N) is 1. The van der Waals surface area contributed by atoms with Gasteiger partial charge in [0.15, 0.2) is 0 Å². The largest absolute Gasteiger partial charge is 0.453 e. The summed E-state index contributed by atoms with van der Waals surface area (Å²) in [4.78, 5) is 82.1. The second-order valence-corrected chi connectivity index (χ2v) is 16.2. The molecule has 4 amide bonds. The second kappa shape index (κ2) is 16.0. The SMILES string of the molecule is C=CCCC(NC(=O)[C@@H]1[C@@H]2[C@H](CN1C(=O)[C@@H](NC(=O)OC(C)(C)C)C1CCCCC1)C2(C)C)C(=O)C(=O)NCC(=O)OC(C)(C)c1ccccc1. The highest BCUT2D eigenvalue weighted by Gasteiger charge is 2.69. The first-order valence-electron chi connectivity index (χ1n) is 18.2. The minimum Gasteiger partial charge on any atom is -0.453 e. The number of carbonyl (C=O) groups excluding carboxylic acids is 6. The van der Waals surface area contributed by atoms with Crippen LogP contribution in [0.2, 0.25) is 0 Å². The van der Waals surface area contributed by atoms with Gasteiger partial charge in [-0.2, -0.15) is 0 Å². The van der Waals surface area contributed by atoms with E-state index in [1.165, 1.54) is 0 Å². The monoisotopic (exact) mass is 708 g/mol. The molecule has 12 nitrogen and oxygen atoms in total. The van der Waals surface area contributed by atoms with E-state index in [1.807, 2.05) is 44.2 Å². The lowest BCUT2D eigenvalue weighted by molar-refractivity contribution is -0.157. The summed E-state index contributed by atoms with van der Waals surface area (Å²) in [6, 6.07) is 6.14. The molecule has 1 heterocycles. The van der Waals surface area contributed by atoms with Crippen LogP contribution in [0.4, 0.5) is 4.79 Å². The normalized spacial score (nSPS) is 22.4. The Morgan fingerprint density at radius 1 is 0.961 bits per heavy atom. The lowest BCUT2D eigenvalue weighted by Crippen LogP contribution is -2.60. The summed E-state index contributed by atoms with van der Waals surface area (Å²) in [6.07, 6.45) is 5.76. The molecule has 5 atom stereocenters. The highest BCUT2D eigenvalue weighted by molar-refractivity contribution is 6.38. The third kappa shape index (κ3) is 9.77. The molecule has 1 aliphatic heterocycles. The van der Waals surface area contributed by atoms with Crippen molar-refractivity contribution >= 4 is 35.6 Å². The quantitative estimate of drug-likeness (QED) is 0.144. The molecule has 0 radical (unpaired) electrons. The van der Waals surface area contributed by atoms with Gasteiger partial charge in [-0.15, -0.1) is 6.58 Å². The van der Waals surface area contributed by atoms with Gasteiger partial charge in [0.2, 0.25) is 17.6 Å². The van der Waals surface area contributed by atoms with E-state index in [2.05, 4.69) is 22.5 Å². The Kier molecular flexibility index (Phi) is 12.4. The van der Waals surface area contributed by atoms with Crippen molar-refractivity contribution in [1.82, 2.24) is 20.9 Å². The topological polar surface area (TPSA) is 160 Å². The van der Waals surface area contributed by atoms with Gasteiger partial charge < -0.3 is 30.3 Å². The van der Waals surface area contributed by atoms with E-state index in [4.69, 9.17) is 9.47 Å². The maximum atomic E-state index is 14.4. The number of fused-ring (bicyclic) bond motifs is 1. The van der Waals surface area contributed by atoms with Crippen molar-refractivity contribution in [3.8, 4) is 0 Å². The number of amides is 4. The molecule has 0 bridgehead atoms. The van der Waals surface area contributed by atoms with Crippen LogP contribution in [0.25, 0.3) is 0 Å². The van der Waals surface area contributed by atoms with E-state index in [0.29, 0.717) is 13.0 Å². The maximum absolute atomic E-state index is 14.4. The van der Waals surface area contributed by atoms with Gasteiger partial charge in [-0.05, 0) is 89.0 Å². The van der Waals surface area contributed by atoms with Crippen LogP contribution in [-0.4, -0.2) is 77.3 Å². The number of allylic oxidation sites excluding steroid dienone is 1. The predicted octanol–water partition coefficient (Wildman–Crippen LogP) is 4.56. The van der Waals surface area contributed by atoms with E-state index in [-0.39, 0.29) is 35.5 Å². The molecule has 4 rings (SSSR count). The van der Waals surface area contributed by atoms with Crippen molar-refractivity contribution in [2.24, 2.45) is 23.2 Å². The molecule has 280 valence electrons. The summed E-state index contributed by atoms with van der Waals surface area (Å²) in [7, 11) is 0. The summed E-state index contributed by atoms with van der Waals surface area (Å²) in [6.45, 7) is 16.3. The van der Waals surface area contributed by atoms with E-state index < -0.39 is 65.5 Å². The number of piperidine rings is 1. The average molecular weight is 709 g/mol. The van der Waals surface area contributed by atoms with Crippen LogP contribution in [0.5, 0.6) is 0 Å².